The van der Waals surface area contributed by atoms with Crippen LogP contribution >= 0.6 is 0 Å². The Morgan fingerprint density at radius 2 is 2.20 bits per heavy atom. The van der Waals surface area contributed by atoms with Crippen LogP contribution in [0.5, 0.6) is 0 Å². The highest BCUT2D eigenvalue weighted by molar-refractivity contribution is 5.80. The fourth-order valence-corrected chi connectivity index (χ4v) is 2.33. The molecule has 1 heterocycles. The fraction of sp³-hybridized carbons (Fsp3) is 0.533. The van der Waals surface area contributed by atoms with Crippen LogP contribution in [0.2, 0.25) is 0 Å². The molecule has 5 nitrogen and oxygen atoms in total. The van der Waals surface area contributed by atoms with E-state index in [4.69, 9.17) is 4.42 Å². The summed E-state index contributed by atoms with van der Waals surface area (Å²) in [5.74, 6) is 1.80. The Morgan fingerprint density at radius 3 is 2.75 bits per heavy atom. The third-order valence-electron chi connectivity index (χ3n) is 3.53. The lowest BCUT2D eigenvalue weighted by Crippen LogP contribution is -2.45. The minimum absolute atomic E-state index is 0.185. The van der Waals surface area contributed by atoms with Crippen LogP contribution in [0.25, 0.3) is 0 Å². The lowest BCUT2D eigenvalue weighted by atomic mass is 10.2. The second-order valence-electron chi connectivity index (χ2n) is 5.23. The van der Waals surface area contributed by atoms with Crippen LogP contribution < -0.4 is 10.6 Å². The van der Waals surface area contributed by atoms with Gasteiger partial charge in [-0.15, -0.1) is 0 Å². The average molecular weight is 276 g/mol. The zero-order valence-electron chi connectivity index (χ0n) is 12.5. The molecule has 2 N–H and O–H groups in total. The van der Waals surface area contributed by atoms with Crippen molar-refractivity contribution in [1.29, 1.82) is 0 Å². The van der Waals surface area contributed by atoms with Gasteiger partial charge in [-0.25, -0.2) is 0 Å². The summed E-state index contributed by atoms with van der Waals surface area (Å²) >= 11 is 0. The maximum atomic E-state index is 5.50. The van der Waals surface area contributed by atoms with Crippen LogP contribution in [0, 0.1) is 0 Å². The quantitative estimate of drug-likeness (QED) is 0.489. The van der Waals surface area contributed by atoms with E-state index in [1.807, 2.05) is 26.2 Å². The van der Waals surface area contributed by atoms with E-state index in [9.17, 15) is 0 Å². The topological polar surface area (TPSA) is 52.8 Å². The van der Waals surface area contributed by atoms with E-state index in [1.165, 1.54) is 0 Å². The average Bonchev–Trinajstić information content (AvgIpc) is 3.10. The van der Waals surface area contributed by atoms with E-state index in [0.29, 0.717) is 6.04 Å². The van der Waals surface area contributed by atoms with Crippen molar-refractivity contribution in [2.24, 2.45) is 4.99 Å². The molecule has 1 aliphatic carbocycles. The number of hydrogen-bond donors (Lipinski definition) is 2. The Balaban J connectivity index is 1.87. The Morgan fingerprint density at radius 1 is 1.45 bits per heavy atom. The number of furan rings is 1. The van der Waals surface area contributed by atoms with Crippen molar-refractivity contribution >= 4 is 5.96 Å². The normalized spacial score (nSPS) is 17.7. The van der Waals surface area contributed by atoms with Gasteiger partial charge in [-0.2, -0.15) is 0 Å². The number of nitrogens with zero attached hydrogens (tertiary/aromatic N) is 2. The highest BCUT2D eigenvalue weighted by Gasteiger charge is 2.18. The minimum atomic E-state index is 0.185. The third-order valence-corrected chi connectivity index (χ3v) is 3.53. The predicted octanol–water partition coefficient (Wildman–Crippen LogP) is 1.77. The molecule has 110 valence electrons. The first kappa shape index (κ1) is 14.7. The van der Waals surface area contributed by atoms with Crippen molar-refractivity contribution < 1.29 is 4.42 Å². The first-order valence-corrected chi connectivity index (χ1v) is 7.02. The van der Waals surface area contributed by atoms with Gasteiger partial charge < -0.3 is 15.1 Å². The van der Waals surface area contributed by atoms with Crippen LogP contribution in [0.1, 0.15) is 24.6 Å². The van der Waals surface area contributed by atoms with Gasteiger partial charge in [0.2, 0.25) is 0 Å². The Bertz CT molecular complexity index is 442. The van der Waals surface area contributed by atoms with Gasteiger partial charge in [0.1, 0.15) is 5.76 Å². The van der Waals surface area contributed by atoms with Crippen molar-refractivity contribution in [3.05, 3.63) is 36.3 Å². The summed E-state index contributed by atoms with van der Waals surface area (Å²) in [5.41, 5.74) is 0. The predicted molar refractivity (Wildman–Crippen MR) is 81.8 cm³/mol. The van der Waals surface area contributed by atoms with Gasteiger partial charge in [-0.3, -0.25) is 9.89 Å². The third kappa shape index (κ3) is 3.87. The molecular formula is C15H24N4O. The molecule has 1 aromatic rings. The number of hydrogen-bond acceptors (Lipinski definition) is 3. The van der Waals surface area contributed by atoms with E-state index in [0.717, 1.165) is 31.1 Å². The van der Waals surface area contributed by atoms with Gasteiger partial charge in [-0.1, -0.05) is 12.2 Å². The zero-order chi connectivity index (χ0) is 14.4. The molecule has 0 amide bonds. The molecule has 1 unspecified atom stereocenters. The summed E-state index contributed by atoms with van der Waals surface area (Å²) in [6.45, 7) is 0.750. The zero-order valence-corrected chi connectivity index (χ0v) is 12.5. The van der Waals surface area contributed by atoms with Crippen LogP contribution in [0.3, 0.4) is 0 Å². The number of likely N-dealkylation sites (N-methyl/N-ethyl adjacent to an activating group) is 1. The number of nitrogens with one attached hydrogen (secondary N) is 2. The molecule has 0 bridgehead atoms. The summed E-state index contributed by atoms with van der Waals surface area (Å²) < 4.78 is 5.50. The minimum Gasteiger partial charge on any atom is -0.468 e. The van der Waals surface area contributed by atoms with Crippen LogP contribution in [-0.4, -0.2) is 44.6 Å². The molecule has 1 aliphatic rings. The van der Waals surface area contributed by atoms with Gasteiger partial charge in [-0.05, 0) is 39.1 Å². The van der Waals surface area contributed by atoms with Crippen molar-refractivity contribution in [2.75, 3.05) is 27.7 Å². The van der Waals surface area contributed by atoms with Crippen molar-refractivity contribution in [3.8, 4) is 0 Å². The van der Waals surface area contributed by atoms with E-state index >= 15 is 0 Å². The second-order valence-corrected chi connectivity index (χ2v) is 5.23. The monoisotopic (exact) mass is 276 g/mol. The van der Waals surface area contributed by atoms with Crippen molar-refractivity contribution in [3.63, 3.8) is 0 Å². The lowest BCUT2D eigenvalue weighted by Gasteiger charge is -2.24. The maximum absolute atomic E-state index is 5.50. The van der Waals surface area contributed by atoms with Crippen LogP contribution in [0.15, 0.2) is 40.0 Å². The summed E-state index contributed by atoms with van der Waals surface area (Å²) in [7, 11) is 5.90. The Labute approximate surface area is 120 Å². The Kier molecular flexibility index (Phi) is 5.24. The Hall–Kier alpha value is -1.75. The first-order chi connectivity index (χ1) is 9.70. The molecular weight excluding hydrogens is 252 g/mol. The molecule has 20 heavy (non-hydrogen) atoms. The molecule has 0 aliphatic heterocycles. The summed E-state index contributed by atoms with van der Waals surface area (Å²) in [6, 6.07) is 4.57. The molecule has 1 aromatic heterocycles. The van der Waals surface area contributed by atoms with E-state index in [2.05, 4.69) is 32.7 Å². The van der Waals surface area contributed by atoms with Gasteiger partial charge >= 0.3 is 0 Å². The summed E-state index contributed by atoms with van der Waals surface area (Å²) in [6.07, 6.45) is 8.25. The number of guanidine groups is 1. The SMILES string of the molecule is CN=C(NCC(c1ccco1)N(C)C)NC1CC=CC1. The van der Waals surface area contributed by atoms with Gasteiger partial charge in [0.25, 0.3) is 0 Å². The fourth-order valence-electron chi connectivity index (χ4n) is 2.33. The van der Waals surface area contributed by atoms with E-state index in [1.54, 1.807) is 13.3 Å². The van der Waals surface area contributed by atoms with Crippen LogP contribution in [-0.2, 0) is 0 Å². The first-order valence-electron chi connectivity index (χ1n) is 7.02. The second kappa shape index (κ2) is 7.14. The standard InChI is InChI=1S/C15H24N4O/c1-16-15(18-12-7-4-5-8-12)17-11-13(19(2)3)14-9-6-10-20-14/h4-6,9-10,12-13H,7-8,11H2,1-3H3,(H2,16,17,18). The number of rotatable bonds is 5. The molecule has 5 heteroatoms. The van der Waals surface area contributed by atoms with E-state index in [-0.39, 0.29) is 6.04 Å². The van der Waals surface area contributed by atoms with Crippen LogP contribution in [0.4, 0.5) is 0 Å². The van der Waals surface area contributed by atoms with E-state index < -0.39 is 0 Å². The number of aliphatic imine (C=N–C) groups is 1. The smallest absolute Gasteiger partial charge is 0.191 e. The van der Waals surface area contributed by atoms with Gasteiger partial charge in [0.15, 0.2) is 5.96 Å². The molecule has 0 spiro atoms. The van der Waals surface area contributed by atoms with Crippen molar-refractivity contribution in [2.45, 2.75) is 24.9 Å². The molecule has 2 rings (SSSR count). The highest BCUT2D eigenvalue weighted by Crippen LogP contribution is 2.17. The molecule has 0 aromatic carbocycles. The largest absolute Gasteiger partial charge is 0.468 e. The summed E-state index contributed by atoms with van der Waals surface area (Å²) in [5, 5.41) is 6.81. The molecule has 0 saturated heterocycles. The maximum Gasteiger partial charge on any atom is 0.191 e. The molecule has 1 atom stereocenters. The lowest BCUT2D eigenvalue weighted by molar-refractivity contribution is 0.258. The molecule has 0 radical (unpaired) electrons. The highest BCUT2D eigenvalue weighted by atomic mass is 16.3. The van der Waals surface area contributed by atoms with Crippen molar-refractivity contribution in [1.82, 2.24) is 15.5 Å². The summed E-state index contributed by atoms with van der Waals surface area (Å²) in [4.78, 5) is 6.42. The van der Waals surface area contributed by atoms with Gasteiger partial charge in [0.05, 0.1) is 12.3 Å². The van der Waals surface area contributed by atoms with Gasteiger partial charge in [0, 0.05) is 19.6 Å². The molecule has 0 saturated carbocycles. The molecule has 0 fully saturated rings.